The maximum Gasteiger partial charge on any atom is 0.237 e. The van der Waals surface area contributed by atoms with Crippen molar-refractivity contribution in [3.8, 4) is 0 Å². The quantitative estimate of drug-likeness (QED) is 0.713. The summed E-state index contributed by atoms with van der Waals surface area (Å²) in [5, 5.41) is 6.14. The van der Waals surface area contributed by atoms with E-state index in [1.807, 2.05) is 0 Å². The minimum atomic E-state index is -2.85. The molecule has 0 aromatic rings. The van der Waals surface area contributed by atoms with Gasteiger partial charge in [0.1, 0.15) is 9.84 Å². The molecule has 0 aliphatic carbocycles. The van der Waals surface area contributed by atoms with Gasteiger partial charge in [0.2, 0.25) is 5.91 Å². The van der Waals surface area contributed by atoms with E-state index in [9.17, 15) is 13.2 Å². The first-order chi connectivity index (χ1) is 7.98. The highest BCUT2D eigenvalue weighted by atomic mass is 32.2. The monoisotopic (exact) mass is 260 g/mol. The van der Waals surface area contributed by atoms with E-state index >= 15 is 0 Å². The highest BCUT2D eigenvalue weighted by Crippen LogP contribution is 2.16. The van der Waals surface area contributed by atoms with Gasteiger partial charge >= 0.3 is 0 Å². The second-order valence-electron chi connectivity index (χ2n) is 5.13. The number of hydrogen-bond donors (Lipinski definition) is 2. The Hall–Kier alpha value is -0.620. The first-order valence-electron chi connectivity index (χ1n) is 6.22. The lowest BCUT2D eigenvalue weighted by Gasteiger charge is -2.25. The zero-order valence-corrected chi connectivity index (χ0v) is 10.9. The molecular weight excluding hydrogens is 240 g/mol. The van der Waals surface area contributed by atoms with Crippen molar-refractivity contribution in [2.75, 3.05) is 18.1 Å². The first kappa shape index (κ1) is 12.8. The van der Waals surface area contributed by atoms with Gasteiger partial charge in [-0.2, -0.15) is 0 Å². The molecule has 2 aliphatic rings. The van der Waals surface area contributed by atoms with Crippen molar-refractivity contribution < 1.29 is 13.2 Å². The van der Waals surface area contributed by atoms with Crippen molar-refractivity contribution in [3.05, 3.63) is 0 Å². The summed E-state index contributed by atoms with van der Waals surface area (Å²) in [4.78, 5) is 12.0. The third-order valence-corrected chi connectivity index (χ3v) is 5.43. The molecule has 0 radical (unpaired) electrons. The van der Waals surface area contributed by atoms with Crippen LogP contribution in [0.4, 0.5) is 0 Å². The Labute approximate surface area is 102 Å². The molecule has 2 unspecified atom stereocenters. The van der Waals surface area contributed by atoms with Crippen molar-refractivity contribution in [1.82, 2.24) is 10.6 Å². The summed E-state index contributed by atoms with van der Waals surface area (Å²) >= 11 is 0. The van der Waals surface area contributed by atoms with Crippen LogP contribution in [0.25, 0.3) is 0 Å². The average molecular weight is 260 g/mol. The topological polar surface area (TPSA) is 75.3 Å². The van der Waals surface area contributed by atoms with Gasteiger partial charge in [0, 0.05) is 6.04 Å². The molecule has 2 aliphatic heterocycles. The molecule has 98 valence electrons. The second kappa shape index (κ2) is 4.94. The fourth-order valence-corrected chi connectivity index (χ4v) is 4.00. The van der Waals surface area contributed by atoms with Crippen LogP contribution < -0.4 is 10.6 Å². The predicted molar refractivity (Wildman–Crippen MR) is 65.4 cm³/mol. The van der Waals surface area contributed by atoms with Gasteiger partial charge in [-0.3, -0.25) is 4.79 Å². The molecule has 0 aromatic carbocycles. The molecule has 6 heteroatoms. The summed E-state index contributed by atoms with van der Waals surface area (Å²) in [6.07, 6.45) is 2.13. The zero-order chi connectivity index (χ0) is 12.5. The van der Waals surface area contributed by atoms with Crippen LogP contribution in [0.2, 0.25) is 0 Å². The SMILES string of the molecule is CC1CCNC1C(=O)NC1CCS(=O)(=O)CC1. The lowest BCUT2D eigenvalue weighted by molar-refractivity contribution is -0.124. The smallest absolute Gasteiger partial charge is 0.237 e. The number of nitrogens with one attached hydrogen (secondary N) is 2. The van der Waals surface area contributed by atoms with Gasteiger partial charge in [-0.05, 0) is 31.7 Å². The number of sulfone groups is 1. The second-order valence-corrected chi connectivity index (χ2v) is 7.44. The Kier molecular flexibility index (Phi) is 3.73. The van der Waals surface area contributed by atoms with Crippen molar-refractivity contribution in [2.45, 2.75) is 38.3 Å². The van der Waals surface area contributed by atoms with Crippen LogP contribution in [-0.2, 0) is 14.6 Å². The normalized spacial score (nSPS) is 33.5. The Morgan fingerprint density at radius 3 is 2.41 bits per heavy atom. The van der Waals surface area contributed by atoms with E-state index in [0.717, 1.165) is 13.0 Å². The van der Waals surface area contributed by atoms with Gasteiger partial charge in [-0.25, -0.2) is 8.42 Å². The summed E-state index contributed by atoms with van der Waals surface area (Å²) < 4.78 is 22.5. The van der Waals surface area contributed by atoms with E-state index in [1.165, 1.54) is 0 Å². The number of carbonyl (C=O) groups is 1. The minimum Gasteiger partial charge on any atom is -0.352 e. The fourth-order valence-electron chi connectivity index (χ4n) is 2.51. The van der Waals surface area contributed by atoms with Crippen LogP contribution in [0.3, 0.4) is 0 Å². The highest BCUT2D eigenvalue weighted by molar-refractivity contribution is 7.91. The van der Waals surface area contributed by atoms with Gasteiger partial charge in [0.05, 0.1) is 17.5 Å². The molecule has 17 heavy (non-hydrogen) atoms. The third kappa shape index (κ3) is 3.19. The Morgan fingerprint density at radius 2 is 1.88 bits per heavy atom. The number of hydrogen-bond acceptors (Lipinski definition) is 4. The summed E-state index contributed by atoms with van der Waals surface area (Å²) in [5.41, 5.74) is 0. The van der Waals surface area contributed by atoms with Crippen molar-refractivity contribution in [1.29, 1.82) is 0 Å². The van der Waals surface area contributed by atoms with Gasteiger partial charge in [0.15, 0.2) is 0 Å². The number of carbonyl (C=O) groups excluding carboxylic acids is 1. The molecule has 0 aromatic heterocycles. The lowest BCUT2D eigenvalue weighted by Crippen LogP contribution is -2.49. The van der Waals surface area contributed by atoms with E-state index in [0.29, 0.717) is 18.8 Å². The summed E-state index contributed by atoms with van der Waals surface area (Å²) in [5.74, 6) is 0.790. The number of amides is 1. The van der Waals surface area contributed by atoms with Crippen LogP contribution in [0, 0.1) is 5.92 Å². The molecular formula is C11H20N2O3S. The average Bonchev–Trinajstić information content (AvgIpc) is 2.68. The predicted octanol–water partition coefficient (Wildman–Crippen LogP) is -0.322. The minimum absolute atomic E-state index is 0.0271. The molecule has 2 fully saturated rings. The molecule has 2 N–H and O–H groups in total. The van der Waals surface area contributed by atoms with Crippen LogP contribution >= 0.6 is 0 Å². The maximum atomic E-state index is 12.0. The van der Waals surface area contributed by atoms with E-state index < -0.39 is 9.84 Å². The van der Waals surface area contributed by atoms with Crippen LogP contribution in [0.5, 0.6) is 0 Å². The largest absolute Gasteiger partial charge is 0.352 e. The Bertz CT molecular complexity index is 380. The molecule has 2 heterocycles. The van der Waals surface area contributed by atoms with E-state index in [2.05, 4.69) is 17.6 Å². The molecule has 2 atom stereocenters. The van der Waals surface area contributed by atoms with E-state index in [1.54, 1.807) is 0 Å². The van der Waals surface area contributed by atoms with Gasteiger partial charge in [-0.1, -0.05) is 6.92 Å². The molecule has 0 saturated carbocycles. The number of rotatable bonds is 2. The molecule has 5 nitrogen and oxygen atoms in total. The third-order valence-electron chi connectivity index (χ3n) is 3.72. The highest BCUT2D eigenvalue weighted by Gasteiger charge is 2.32. The Balaban J connectivity index is 1.84. The first-order valence-corrected chi connectivity index (χ1v) is 8.04. The molecule has 2 saturated heterocycles. The lowest BCUT2D eigenvalue weighted by atomic mass is 10.0. The summed E-state index contributed by atoms with van der Waals surface area (Å²) in [6, 6.07) is -0.0749. The summed E-state index contributed by atoms with van der Waals surface area (Å²) in [7, 11) is -2.85. The van der Waals surface area contributed by atoms with Crippen LogP contribution in [-0.4, -0.2) is 44.5 Å². The van der Waals surface area contributed by atoms with Crippen molar-refractivity contribution >= 4 is 15.7 Å². The van der Waals surface area contributed by atoms with Crippen molar-refractivity contribution in [3.63, 3.8) is 0 Å². The van der Waals surface area contributed by atoms with Crippen LogP contribution in [0.1, 0.15) is 26.2 Å². The molecule has 0 spiro atoms. The molecule has 2 rings (SSSR count). The maximum absolute atomic E-state index is 12.0. The Morgan fingerprint density at radius 1 is 1.24 bits per heavy atom. The van der Waals surface area contributed by atoms with Gasteiger partial charge in [0.25, 0.3) is 0 Å². The van der Waals surface area contributed by atoms with Crippen molar-refractivity contribution in [2.24, 2.45) is 5.92 Å². The van der Waals surface area contributed by atoms with Crippen LogP contribution in [0.15, 0.2) is 0 Å². The molecule has 1 amide bonds. The van der Waals surface area contributed by atoms with E-state index in [4.69, 9.17) is 0 Å². The van der Waals surface area contributed by atoms with Gasteiger partial charge < -0.3 is 10.6 Å². The van der Waals surface area contributed by atoms with E-state index in [-0.39, 0.29) is 29.5 Å². The van der Waals surface area contributed by atoms with Gasteiger partial charge in [-0.15, -0.1) is 0 Å². The zero-order valence-electron chi connectivity index (χ0n) is 10.1. The summed E-state index contributed by atoms with van der Waals surface area (Å²) in [6.45, 7) is 2.95. The molecule has 0 bridgehead atoms. The standard InChI is InChI=1S/C11H20N2O3S/c1-8-2-5-12-10(8)11(14)13-9-3-6-17(15,16)7-4-9/h8-10,12H,2-7H2,1H3,(H,13,14). The fraction of sp³-hybridized carbons (Fsp3) is 0.909.